The van der Waals surface area contributed by atoms with Crippen LogP contribution in [0, 0.1) is 13.8 Å². The van der Waals surface area contributed by atoms with Crippen LogP contribution in [0.4, 0.5) is 0 Å². The Balaban J connectivity index is 1.74. The zero-order valence-electron chi connectivity index (χ0n) is 14.8. The van der Waals surface area contributed by atoms with Gasteiger partial charge in [0.1, 0.15) is 12.2 Å². The molecule has 24 heavy (non-hydrogen) atoms. The first-order chi connectivity index (χ1) is 11.6. The highest BCUT2D eigenvalue weighted by molar-refractivity contribution is 5.86. The number of H-pyrrole nitrogens is 1. The molecule has 0 saturated heterocycles. The lowest BCUT2D eigenvalue weighted by Gasteiger charge is -2.16. The third kappa shape index (κ3) is 3.34. The van der Waals surface area contributed by atoms with Crippen molar-refractivity contribution in [3.8, 4) is 0 Å². The number of benzene rings is 1. The zero-order valence-corrected chi connectivity index (χ0v) is 14.8. The summed E-state index contributed by atoms with van der Waals surface area (Å²) in [6.07, 6.45) is 1.76. The van der Waals surface area contributed by atoms with Gasteiger partial charge in [-0.05, 0) is 32.0 Å². The smallest absolute Gasteiger partial charge is 0.147 e. The molecule has 0 amide bonds. The van der Waals surface area contributed by atoms with Crippen molar-refractivity contribution >= 4 is 10.9 Å². The van der Waals surface area contributed by atoms with Gasteiger partial charge in [-0.2, -0.15) is 0 Å². The van der Waals surface area contributed by atoms with E-state index in [2.05, 4.69) is 59.2 Å². The van der Waals surface area contributed by atoms with Crippen molar-refractivity contribution in [3.63, 3.8) is 0 Å². The first-order valence-corrected chi connectivity index (χ1v) is 8.21. The summed E-state index contributed by atoms with van der Waals surface area (Å²) in [4.78, 5) is 5.84. The SMILES string of the molecule is COCCn1cnnc1CN(C)Cc1[nH]c2c(C)cccc2c1C. The third-order valence-corrected chi connectivity index (χ3v) is 4.48. The second kappa shape index (κ2) is 7.15. The van der Waals surface area contributed by atoms with Crippen molar-refractivity contribution < 1.29 is 4.74 Å². The highest BCUT2D eigenvalue weighted by Crippen LogP contribution is 2.25. The van der Waals surface area contributed by atoms with Gasteiger partial charge < -0.3 is 14.3 Å². The van der Waals surface area contributed by atoms with E-state index in [9.17, 15) is 0 Å². The van der Waals surface area contributed by atoms with Gasteiger partial charge in [0, 0.05) is 36.8 Å². The normalized spacial score (nSPS) is 11.7. The van der Waals surface area contributed by atoms with Gasteiger partial charge in [0.05, 0.1) is 13.2 Å². The van der Waals surface area contributed by atoms with Crippen molar-refractivity contribution in [2.24, 2.45) is 0 Å². The largest absolute Gasteiger partial charge is 0.383 e. The summed E-state index contributed by atoms with van der Waals surface area (Å²) in [6, 6.07) is 6.44. The molecule has 3 aromatic rings. The zero-order chi connectivity index (χ0) is 17.1. The van der Waals surface area contributed by atoms with Gasteiger partial charge in [-0.15, -0.1) is 10.2 Å². The maximum Gasteiger partial charge on any atom is 0.147 e. The number of nitrogens with zero attached hydrogens (tertiary/aromatic N) is 4. The lowest BCUT2D eigenvalue weighted by Crippen LogP contribution is -2.21. The molecule has 0 spiro atoms. The number of aromatic amines is 1. The number of ether oxygens (including phenoxy) is 1. The molecule has 2 heterocycles. The van der Waals surface area contributed by atoms with Gasteiger partial charge in [-0.25, -0.2) is 0 Å². The van der Waals surface area contributed by atoms with Gasteiger partial charge >= 0.3 is 0 Å². The van der Waals surface area contributed by atoms with E-state index >= 15 is 0 Å². The van der Waals surface area contributed by atoms with Crippen LogP contribution in [0.3, 0.4) is 0 Å². The van der Waals surface area contributed by atoms with Crippen LogP contribution >= 0.6 is 0 Å². The Labute approximate surface area is 142 Å². The standard InChI is InChI=1S/C18H25N5O/c1-13-6-5-7-15-14(2)16(20-18(13)15)10-22(3)11-17-21-19-12-23(17)8-9-24-4/h5-7,12,20H,8-11H2,1-4H3. The summed E-state index contributed by atoms with van der Waals surface area (Å²) in [5.74, 6) is 0.958. The molecular formula is C18H25N5O. The van der Waals surface area contributed by atoms with Crippen LogP contribution in [0.2, 0.25) is 0 Å². The molecule has 0 fully saturated rings. The van der Waals surface area contributed by atoms with Crippen LogP contribution in [0.15, 0.2) is 24.5 Å². The number of methoxy groups -OCH3 is 1. The molecule has 128 valence electrons. The predicted octanol–water partition coefficient (Wildman–Crippen LogP) is 2.65. The van der Waals surface area contributed by atoms with E-state index in [0.29, 0.717) is 6.61 Å². The molecule has 2 aromatic heterocycles. The lowest BCUT2D eigenvalue weighted by atomic mass is 10.1. The maximum atomic E-state index is 5.14. The number of hydrogen-bond acceptors (Lipinski definition) is 4. The van der Waals surface area contributed by atoms with Crippen LogP contribution < -0.4 is 0 Å². The molecule has 0 bridgehead atoms. The summed E-state index contributed by atoms with van der Waals surface area (Å²) >= 11 is 0. The van der Waals surface area contributed by atoms with E-state index in [4.69, 9.17) is 4.74 Å². The summed E-state index contributed by atoms with van der Waals surface area (Å²) in [6.45, 7) is 7.35. The number of aromatic nitrogens is 4. The minimum Gasteiger partial charge on any atom is -0.383 e. The molecule has 6 heteroatoms. The summed E-state index contributed by atoms with van der Waals surface area (Å²) < 4.78 is 7.18. The molecular weight excluding hydrogens is 302 g/mol. The summed E-state index contributed by atoms with van der Waals surface area (Å²) in [5, 5.41) is 9.56. The first kappa shape index (κ1) is 16.7. The highest BCUT2D eigenvalue weighted by Gasteiger charge is 2.13. The Morgan fingerprint density at radius 3 is 2.83 bits per heavy atom. The van der Waals surface area contributed by atoms with Crippen molar-refractivity contribution in [1.82, 2.24) is 24.6 Å². The number of rotatable bonds is 7. The maximum absolute atomic E-state index is 5.14. The average molecular weight is 327 g/mol. The third-order valence-electron chi connectivity index (χ3n) is 4.48. The molecule has 0 unspecified atom stereocenters. The van der Waals surface area contributed by atoms with Gasteiger partial charge in [0.15, 0.2) is 0 Å². The summed E-state index contributed by atoms with van der Waals surface area (Å²) in [5.41, 5.74) is 5.09. The minimum absolute atomic E-state index is 0.662. The Morgan fingerprint density at radius 1 is 1.25 bits per heavy atom. The van der Waals surface area contributed by atoms with Gasteiger partial charge in [-0.1, -0.05) is 18.2 Å². The molecule has 0 aliphatic rings. The average Bonchev–Trinajstić information content (AvgIpc) is 3.12. The van der Waals surface area contributed by atoms with E-state index in [0.717, 1.165) is 25.5 Å². The van der Waals surface area contributed by atoms with Crippen molar-refractivity contribution in [2.45, 2.75) is 33.5 Å². The van der Waals surface area contributed by atoms with Crippen LogP contribution in [-0.2, 0) is 24.4 Å². The molecule has 0 aliphatic carbocycles. The Kier molecular flexibility index (Phi) is 4.97. The Hall–Kier alpha value is -2.18. The number of fused-ring (bicyclic) bond motifs is 1. The predicted molar refractivity (Wildman–Crippen MR) is 94.8 cm³/mol. The Bertz CT molecular complexity index is 820. The van der Waals surface area contributed by atoms with E-state index in [-0.39, 0.29) is 0 Å². The van der Waals surface area contributed by atoms with E-state index < -0.39 is 0 Å². The first-order valence-electron chi connectivity index (χ1n) is 8.21. The van der Waals surface area contributed by atoms with Gasteiger partial charge in [0.25, 0.3) is 0 Å². The highest BCUT2D eigenvalue weighted by atomic mass is 16.5. The quantitative estimate of drug-likeness (QED) is 0.725. The molecule has 1 aromatic carbocycles. The van der Waals surface area contributed by atoms with Crippen LogP contribution in [0.5, 0.6) is 0 Å². The second-order valence-electron chi connectivity index (χ2n) is 6.33. The lowest BCUT2D eigenvalue weighted by molar-refractivity contribution is 0.184. The van der Waals surface area contributed by atoms with Crippen molar-refractivity contribution in [3.05, 3.63) is 47.2 Å². The number of nitrogens with one attached hydrogen (secondary N) is 1. The van der Waals surface area contributed by atoms with E-state index in [1.165, 1.54) is 27.7 Å². The van der Waals surface area contributed by atoms with Crippen LogP contribution in [0.25, 0.3) is 10.9 Å². The van der Waals surface area contributed by atoms with E-state index in [1.54, 1.807) is 13.4 Å². The second-order valence-corrected chi connectivity index (χ2v) is 6.33. The summed E-state index contributed by atoms with van der Waals surface area (Å²) in [7, 11) is 3.81. The fourth-order valence-corrected chi connectivity index (χ4v) is 3.06. The minimum atomic E-state index is 0.662. The molecule has 0 atom stereocenters. The monoisotopic (exact) mass is 327 g/mol. The fourth-order valence-electron chi connectivity index (χ4n) is 3.06. The van der Waals surface area contributed by atoms with Gasteiger partial charge in [0.2, 0.25) is 0 Å². The Morgan fingerprint density at radius 2 is 2.08 bits per heavy atom. The van der Waals surface area contributed by atoms with Crippen LogP contribution in [-0.4, -0.2) is 45.4 Å². The number of aryl methyl sites for hydroxylation is 2. The van der Waals surface area contributed by atoms with Crippen molar-refractivity contribution in [2.75, 3.05) is 20.8 Å². The fraction of sp³-hybridized carbons (Fsp3) is 0.444. The number of para-hydroxylation sites is 1. The topological polar surface area (TPSA) is 59.0 Å². The molecule has 1 N–H and O–H groups in total. The van der Waals surface area contributed by atoms with Crippen molar-refractivity contribution in [1.29, 1.82) is 0 Å². The molecule has 6 nitrogen and oxygen atoms in total. The molecule has 0 radical (unpaired) electrons. The van der Waals surface area contributed by atoms with E-state index in [1.807, 2.05) is 4.57 Å². The molecule has 0 aliphatic heterocycles. The van der Waals surface area contributed by atoms with Gasteiger partial charge in [-0.3, -0.25) is 4.90 Å². The number of hydrogen-bond donors (Lipinski definition) is 1. The molecule has 3 rings (SSSR count). The molecule has 0 saturated carbocycles. The van der Waals surface area contributed by atoms with Crippen LogP contribution in [0.1, 0.15) is 22.6 Å².